The molecule has 21 heavy (non-hydrogen) atoms. The van der Waals surface area contributed by atoms with Crippen molar-refractivity contribution in [1.82, 2.24) is 10.6 Å². The van der Waals surface area contributed by atoms with Crippen LogP contribution in [-0.2, 0) is 16.1 Å². The van der Waals surface area contributed by atoms with Crippen molar-refractivity contribution in [2.24, 2.45) is 0 Å². The molecule has 0 unspecified atom stereocenters. The maximum absolute atomic E-state index is 11.5. The molecule has 5 heteroatoms. The quantitative estimate of drug-likeness (QED) is 0.645. The Kier molecular flexibility index (Phi) is 8.47. The first-order valence-corrected chi connectivity index (χ1v) is 7.33. The predicted molar refractivity (Wildman–Crippen MR) is 83.4 cm³/mol. The summed E-state index contributed by atoms with van der Waals surface area (Å²) in [7, 11) is 1.65. The Morgan fingerprint density at radius 2 is 1.95 bits per heavy atom. The average Bonchev–Trinajstić information content (AvgIpc) is 2.45. The lowest BCUT2D eigenvalue weighted by molar-refractivity contribution is -0.120. The molecule has 0 fully saturated rings. The SMILES string of the molecule is COCCCNC(=O)CNCc1ccc(OC(C)C)cc1. The number of nitrogens with one attached hydrogen (secondary N) is 2. The van der Waals surface area contributed by atoms with Crippen LogP contribution in [0.2, 0.25) is 0 Å². The van der Waals surface area contributed by atoms with Gasteiger partial charge in [0.15, 0.2) is 0 Å². The van der Waals surface area contributed by atoms with Crippen LogP contribution in [0.25, 0.3) is 0 Å². The van der Waals surface area contributed by atoms with E-state index >= 15 is 0 Å². The number of amides is 1. The van der Waals surface area contributed by atoms with Crippen LogP contribution in [0.5, 0.6) is 5.75 Å². The number of hydrogen-bond acceptors (Lipinski definition) is 4. The van der Waals surface area contributed by atoms with Crippen LogP contribution in [0.4, 0.5) is 0 Å². The molecular formula is C16H26N2O3. The standard InChI is InChI=1S/C16H26N2O3/c1-13(2)21-15-7-5-14(6-8-15)11-17-12-16(19)18-9-4-10-20-3/h5-8,13,17H,4,9-12H2,1-3H3,(H,18,19). The summed E-state index contributed by atoms with van der Waals surface area (Å²) in [5, 5.41) is 5.95. The zero-order valence-corrected chi connectivity index (χ0v) is 13.1. The lowest BCUT2D eigenvalue weighted by atomic mass is 10.2. The predicted octanol–water partition coefficient (Wildman–Crippen LogP) is 1.72. The smallest absolute Gasteiger partial charge is 0.233 e. The Bertz CT molecular complexity index is 404. The Labute approximate surface area is 127 Å². The largest absolute Gasteiger partial charge is 0.491 e. The molecule has 0 radical (unpaired) electrons. The van der Waals surface area contributed by atoms with E-state index in [1.807, 2.05) is 38.1 Å². The summed E-state index contributed by atoms with van der Waals surface area (Å²) < 4.78 is 10.5. The van der Waals surface area contributed by atoms with Gasteiger partial charge in [-0.1, -0.05) is 12.1 Å². The molecule has 1 amide bonds. The van der Waals surface area contributed by atoms with Crippen molar-refractivity contribution in [3.05, 3.63) is 29.8 Å². The van der Waals surface area contributed by atoms with Crippen molar-refractivity contribution >= 4 is 5.91 Å². The maximum atomic E-state index is 11.5. The summed E-state index contributed by atoms with van der Waals surface area (Å²) in [5.41, 5.74) is 1.12. The van der Waals surface area contributed by atoms with Gasteiger partial charge in [-0.25, -0.2) is 0 Å². The van der Waals surface area contributed by atoms with Crippen molar-refractivity contribution in [3.63, 3.8) is 0 Å². The number of benzene rings is 1. The summed E-state index contributed by atoms with van der Waals surface area (Å²) in [6, 6.07) is 7.89. The molecule has 0 heterocycles. The third-order valence-electron chi connectivity index (χ3n) is 2.76. The molecule has 0 saturated heterocycles. The van der Waals surface area contributed by atoms with Gasteiger partial charge < -0.3 is 20.1 Å². The van der Waals surface area contributed by atoms with E-state index in [0.29, 0.717) is 26.2 Å². The molecule has 1 aromatic rings. The molecule has 1 aromatic carbocycles. The average molecular weight is 294 g/mol. The Balaban J connectivity index is 2.18. The van der Waals surface area contributed by atoms with Gasteiger partial charge in [0.05, 0.1) is 12.6 Å². The van der Waals surface area contributed by atoms with Crippen molar-refractivity contribution in [1.29, 1.82) is 0 Å². The summed E-state index contributed by atoms with van der Waals surface area (Å²) in [5.74, 6) is 0.871. The van der Waals surface area contributed by atoms with Crippen LogP contribution in [0.1, 0.15) is 25.8 Å². The van der Waals surface area contributed by atoms with Gasteiger partial charge in [0.1, 0.15) is 5.75 Å². The molecule has 1 rings (SSSR count). The molecule has 0 aliphatic carbocycles. The van der Waals surface area contributed by atoms with Gasteiger partial charge in [-0.15, -0.1) is 0 Å². The fourth-order valence-electron chi connectivity index (χ4n) is 1.79. The van der Waals surface area contributed by atoms with Crippen molar-refractivity contribution < 1.29 is 14.3 Å². The van der Waals surface area contributed by atoms with Crippen LogP contribution in [0.15, 0.2) is 24.3 Å². The summed E-state index contributed by atoms with van der Waals surface area (Å²) in [6.07, 6.45) is 1.01. The van der Waals surface area contributed by atoms with Crippen LogP contribution in [0, 0.1) is 0 Å². The van der Waals surface area contributed by atoms with Gasteiger partial charge >= 0.3 is 0 Å². The molecule has 0 bridgehead atoms. The molecule has 0 aliphatic heterocycles. The van der Waals surface area contributed by atoms with E-state index in [4.69, 9.17) is 9.47 Å². The molecule has 5 nitrogen and oxygen atoms in total. The number of ether oxygens (including phenoxy) is 2. The number of rotatable bonds is 10. The number of hydrogen-bond donors (Lipinski definition) is 2. The third kappa shape index (κ3) is 8.32. The summed E-state index contributed by atoms with van der Waals surface area (Å²) in [4.78, 5) is 11.5. The molecule has 0 aromatic heterocycles. The number of carbonyl (C=O) groups excluding carboxylic acids is 1. The topological polar surface area (TPSA) is 59.6 Å². The first kappa shape index (κ1) is 17.5. The van der Waals surface area contributed by atoms with E-state index < -0.39 is 0 Å². The van der Waals surface area contributed by atoms with Crippen molar-refractivity contribution in [2.45, 2.75) is 32.9 Å². The second-order valence-corrected chi connectivity index (χ2v) is 5.11. The Morgan fingerprint density at radius 3 is 2.57 bits per heavy atom. The maximum Gasteiger partial charge on any atom is 0.233 e. The highest BCUT2D eigenvalue weighted by Crippen LogP contribution is 2.13. The Morgan fingerprint density at radius 1 is 1.24 bits per heavy atom. The molecule has 118 valence electrons. The van der Waals surface area contributed by atoms with Gasteiger partial charge in [-0.2, -0.15) is 0 Å². The minimum absolute atomic E-state index is 0.00543. The lowest BCUT2D eigenvalue weighted by Gasteiger charge is -2.10. The summed E-state index contributed by atoms with van der Waals surface area (Å²) in [6.45, 7) is 6.29. The minimum atomic E-state index is 0.00543. The van der Waals surface area contributed by atoms with E-state index in [1.54, 1.807) is 7.11 Å². The number of methoxy groups -OCH3 is 1. The van der Waals surface area contributed by atoms with Crippen molar-refractivity contribution in [2.75, 3.05) is 26.8 Å². The number of carbonyl (C=O) groups is 1. The normalized spacial score (nSPS) is 10.7. The summed E-state index contributed by atoms with van der Waals surface area (Å²) >= 11 is 0. The molecule has 2 N–H and O–H groups in total. The molecule has 0 aliphatic rings. The highest BCUT2D eigenvalue weighted by atomic mass is 16.5. The van der Waals surface area contributed by atoms with Gasteiger partial charge in [-0.3, -0.25) is 4.79 Å². The lowest BCUT2D eigenvalue weighted by Crippen LogP contribution is -2.34. The van der Waals surface area contributed by atoms with Crippen LogP contribution in [-0.4, -0.2) is 38.8 Å². The fraction of sp³-hybridized carbons (Fsp3) is 0.562. The van der Waals surface area contributed by atoms with Gasteiger partial charge in [0.25, 0.3) is 0 Å². The molecular weight excluding hydrogens is 268 g/mol. The van der Waals surface area contributed by atoms with Gasteiger partial charge in [-0.05, 0) is 38.0 Å². The van der Waals surface area contributed by atoms with E-state index in [1.165, 1.54) is 0 Å². The first-order valence-electron chi connectivity index (χ1n) is 7.33. The molecule has 0 atom stereocenters. The second-order valence-electron chi connectivity index (χ2n) is 5.11. The zero-order chi connectivity index (χ0) is 15.5. The van der Waals surface area contributed by atoms with Crippen molar-refractivity contribution in [3.8, 4) is 5.75 Å². The minimum Gasteiger partial charge on any atom is -0.491 e. The van der Waals surface area contributed by atoms with E-state index in [-0.39, 0.29) is 12.0 Å². The zero-order valence-electron chi connectivity index (χ0n) is 13.1. The third-order valence-corrected chi connectivity index (χ3v) is 2.76. The Hall–Kier alpha value is -1.59. The van der Waals surface area contributed by atoms with E-state index in [0.717, 1.165) is 17.7 Å². The van der Waals surface area contributed by atoms with Gasteiger partial charge in [0, 0.05) is 26.8 Å². The van der Waals surface area contributed by atoms with Crippen LogP contribution < -0.4 is 15.4 Å². The van der Waals surface area contributed by atoms with Gasteiger partial charge in [0.2, 0.25) is 5.91 Å². The monoisotopic (exact) mass is 294 g/mol. The highest BCUT2D eigenvalue weighted by Gasteiger charge is 2.01. The fourth-order valence-corrected chi connectivity index (χ4v) is 1.79. The molecule has 0 saturated carbocycles. The second kappa shape index (κ2) is 10.2. The highest BCUT2D eigenvalue weighted by molar-refractivity contribution is 5.77. The van der Waals surface area contributed by atoms with E-state index in [9.17, 15) is 4.79 Å². The van der Waals surface area contributed by atoms with E-state index in [2.05, 4.69) is 10.6 Å². The van der Waals surface area contributed by atoms with Crippen LogP contribution >= 0.6 is 0 Å². The molecule has 0 spiro atoms. The first-order chi connectivity index (χ1) is 10.1. The van der Waals surface area contributed by atoms with Crippen LogP contribution in [0.3, 0.4) is 0 Å².